The number of nitrogens with one attached hydrogen (secondary N) is 1. The monoisotopic (exact) mass is 430 g/mol. The molecule has 2 saturated heterocycles. The topological polar surface area (TPSA) is 77.1 Å². The van der Waals surface area contributed by atoms with Crippen molar-refractivity contribution in [3.8, 4) is 0 Å². The molecule has 0 bridgehead atoms. The fourth-order valence-electron chi connectivity index (χ4n) is 3.09. The Morgan fingerprint density at radius 1 is 1.15 bits per heavy atom. The lowest BCUT2D eigenvalue weighted by molar-refractivity contribution is -0.152. The highest BCUT2D eigenvalue weighted by molar-refractivity contribution is 6.76. The number of likely N-dealkylation sites (tertiary alicyclic amines) is 1. The molecule has 0 spiro atoms. The van der Waals surface area contributed by atoms with Gasteiger partial charge in [-0.1, -0.05) is 41.7 Å². The molecular formula is C16H25Cl3N2O5. The van der Waals surface area contributed by atoms with E-state index in [1.54, 1.807) is 34.6 Å². The molecule has 26 heavy (non-hydrogen) atoms. The predicted octanol–water partition coefficient (Wildman–Crippen LogP) is 3.21. The van der Waals surface area contributed by atoms with E-state index >= 15 is 0 Å². The van der Waals surface area contributed by atoms with Crippen LogP contribution < -0.4 is 5.32 Å². The summed E-state index contributed by atoms with van der Waals surface area (Å²) in [5, 5.41) is 2.59. The van der Waals surface area contributed by atoms with Gasteiger partial charge in [0.15, 0.2) is 5.79 Å². The zero-order valence-electron chi connectivity index (χ0n) is 15.6. The van der Waals surface area contributed by atoms with Crippen LogP contribution in [0, 0.1) is 5.92 Å². The van der Waals surface area contributed by atoms with E-state index in [1.807, 2.05) is 6.92 Å². The van der Waals surface area contributed by atoms with Crippen LogP contribution in [-0.4, -0.2) is 57.0 Å². The second-order valence-electron chi connectivity index (χ2n) is 8.09. The minimum Gasteiger partial charge on any atom is -0.444 e. The van der Waals surface area contributed by atoms with Crippen LogP contribution in [0.4, 0.5) is 4.79 Å². The molecule has 0 aliphatic carbocycles. The second kappa shape index (κ2) is 7.17. The largest absolute Gasteiger partial charge is 0.444 e. The Balaban J connectivity index is 2.32. The van der Waals surface area contributed by atoms with Crippen molar-refractivity contribution in [1.29, 1.82) is 0 Å². The number of halogens is 3. The van der Waals surface area contributed by atoms with Gasteiger partial charge in [0, 0.05) is 12.5 Å². The number of piperidine rings is 1. The average Bonchev–Trinajstić information content (AvgIpc) is 2.74. The highest BCUT2D eigenvalue weighted by Gasteiger charge is 2.55. The lowest BCUT2D eigenvalue weighted by atomic mass is 9.92. The molecular weight excluding hydrogens is 407 g/mol. The predicted molar refractivity (Wildman–Crippen MR) is 98.1 cm³/mol. The Labute approximate surface area is 168 Å². The summed E-state index contributed by atoms with van der Waals surface area (Å²) >= 11 is 17.0. The first kappa shape index (κ1) is 21.8. The Kier molecular flexibility index (Phi) is 6.02. The van der Waals surface area contributed by atoms with Crippen LogP contribution in [0.15, 0.2) is 0 Å². The normalized spacial score (nSPS) is 31.3. The third kappa shape index (κ3) is 5.07. The zero-order chi connectivity index (χ0) is 20.1. The van der Waals surface area contributed by atoms with Gasteiger partial charge in [-0.05, 0) is 34.6 Å². The van der Waals surface area contributed by atoms with Gasteiger partial charge < -0.3 is 19.5 Å². The van der Waals surface area contributed by atoms with Crippen LogP contribution in [0.2, 0.25) is 0 Å². The lowest BCUT2D eigenvalue weighted by Gasteiger charge is -2.44. The maximum atomic E-state index is 12.7. The van der Waals surface area contributed by atoms with Gasteiger partial charge in [0.1, 0.15) is 17.9 Å². The Morgan fingerprint density at radius 3 is 2.19 bits per heavy atom. The lowest BCUT2D eigenvalue weighted by Crippen LogP contribution is -2.66. The minimum atomic E-state index is -2.17. The van der Waals surface area contributed by atoms with Crippen molar-refractivity contribution < 1.29 is 23.8 Å². The van der Waals surface area contributed by atoms with Crippen molar-refractivity contribution in [1.82, 2.24) is 10.2 Å². The molecule has 2 aliphatic rings. The van der Waals surface area contributed by atoms with Gasteiger partial charge >= 0.3 is 6.09 Å². The molecule has 2 fully saturated rings. The van der Waals surface area contributed by atoms with Gasteiger partial charge in [-0.15, -0.1) is 0 Å². The molecule has 0 radical (unpaired) electrons. The number of carbonyl (C=O) groups is 2. The molecule has 4 atom stereocenters. The Morgan fingerprint density at radius 2 is 1.69 bits per heavy atom. The molecule has 2 aliphatic heterocycles. The summed E-state index contributed by atoms with van der Waals surface area (Å²) in [7, 11) is 0. The van der Waals surface area contributed by atoms with Crippen LogP contribution in [0.25, 0.3) is 0 Å². The van der Waals surface area contributed by atoms with Gasteiger partial charge in [-0.25, -0.2) is 4.79 Å². The number of ether oxygens (including phenoxy) is 3. The third-order valence-corrected chi connectivity index (χ3v) is 4.54. The fourth-order valence-corrected chi connectivity index (χ4v) is 3.25. The van der Waals surface area contributed by atoms with Crippen LogP contribution in [0.3, 0.4) is 0 Å². The number of nitrogens with zero attached hydrogens (tertiary/aromatic N) is 1. The van der Waals surface area contributed by atoms with E-state index in [-0.39, 0.29) is 12.0 Å². The molecule has 0 aromatic heterocycles. The van der Waals surface area contributed by atoms with E-state index in [9.17, 15) is 9.59 Å². The van der Waals surface area contributed by atoms with E-state index in [0.29, 0.717) is 6.54 Å². The third-order valence-electron chi connectivity index (χ3n) is 4.02. The van der Waals surface area contributed by atoms with Crippen molar-refractivity contribution in [2.75, 3.05) is 6.54 Å². The summed E-state index contributed by atoms with van der Waals surface area (Å²) in [4.78, 5) is 26.3. The first-order valence-corrected chi connectivity index (χ1v) is 9.47. The molecule has 0 unspecified atom stereocenters. The van der Waals surface area contributed by atoms with Crippen molar-refractivity contribution >= 4 is 46.8 Å². The summed E-state index contributed by atoms with van der Waals surface area (Å²) in [6.07, 6.45) is -2.44. The van der Waals surface area contributed by atoms with Crippen molar-refractivity contribution in [3.05, 3.63) is 0 Å². The number of fused-ring (bicyclic) bond motifs is 1. The van der Waals surface area contributed by atoms with Crippen LogP contribution >= 0.6 is 34.8 Å². The molecule has 150 valence electrons. The quantitative estimate of drug-likeness (QED) is 0.645. The van der Waals surface area contributed by atoms with E-state index in [1.165, 1.54) is 4.90 Å². The van der Waals surface area contributed by atoms with Crippen LogP contribution in [-0.2, 0) is 19.0 Å². The maximum absolute atomic E-state index is 12.7. The minimum absolute atomic E-state index is 0.0461. The summed E-state index contributed by atoms with van der Waals surface area (Å²) in [6, 6.07) is 0. The van der Waals surface area contributed by atoms with Gasteiger partial charge in [0.2, 0.25) is 0 Å². The Bertz CT molecular complexity index is 573. The van der Waals surface area contributed by atoms with Gasteiger partial charge in [0.25, 0.3) is 9.70 Å². The van der Waals surface area contributed by atoms with Crippen LogP contribution in [0.1, 0.15) is 41.5 Å². The summed E-state index contributed by atoms with van der Waals surface area (Å²) in [5.74, 6) is -1.77. The SMILES string of the molecule is C[C@@H]1CN(C(=O)OC(C)(C)C)[C@H](NC(=O)C(Cl)(Cl)Cl)[C@@H]2OC(C)(C)O[C@@H]21. The smallest absolute Gasteiger partial charge is 0.412 e. The van der Waals surface area contributed by atoms with Crippen molar-refractivity contribution in [3.63, 3.8) is 0 Å². The molecule has 2 amide bonds. The first-order valence-electron chi connectivity index (χ1n) is 8.34. The van der Waals surface area contributed by atoms with E-state index in [2.05, 4.69) is 5.32 Å². The van der Waals surface area contributed by atoms with Gasteiger partial charge in [-0.2, -0.15) is 0 Å². The zero-order valence-corrected chi connectivity index (χ0v) is 17.9. The van der Waals surface area contributed by atoms with Crippen molar-refractivity contribution in [2.24, 2.45) is 5.92 Å². The number of amides is 2. The number of alkyl halides is 3. The highest BCUT2D eigenvalue weighted by atomic mass is 35.6. The molecule has 10 heteroatoms. The Hall–Kier alpha value is -0.470. The van der Waals surface area contributed by atoms with E-state index in [4.69, 9.17) is 49.0 Å². The average molecular weight is 432 g/mol. The van der Waals surface area contributed by atoms with E-state index < -0.39 is 39.5 Å². The molecule has 1 N–H and O–H groups in total. The summed E-state index contributed by atoms with van der Waals surface area (Å²) in [6.45, 7) is 11.0. The maximum Gasteiger partial charge on any atom is 0.412 e. The molecule has 0 aromatic rings. The summed E-state index contributed by atoms with van der Waals surface area (Å²) in [5.41, 5.74) is -0.701. The number of rotatable bonds is 1. The van der Waals surface area contributed by atoms with E-state index in [0.717, 1.165) is 0 Å². The number of hydrogen-bond acceptors (Lipinski definition) is 5. The van der Waals surface area contributed by atoms with Crippen molar-refractivity contribution in [2.45, 2.75) is 75.1 Å². The standard InChI is InChI=1S/C16H25Cl3N2O5/c1-8-7-21(13(23)26-14(2,3)4)11(20-12(22)16(17,18)19)10-9(8)24-15(5,6)25-10/h8-11H,7H2,1-6H3,(H,20,22)/t8-,9-,10-,11+/m1/s1. The second-order valence-corrected chi connectivity index (χ2v) is 10.4. The fraction of sp³-hybridized carbons (Fsp3) is 0.875. The number of hydrogen-bond donors (Lipinski definition) is 1. The molecule has 2 rings (SSSR count). The highest BCUT2D eigenvalue weighted by Crippen LogP contribution is 2.39. The summed E-state index contributed by atoms with van der Waals surface area (Å²) < 4.78 is 15.2. The van der Waals surface area contributed by atoms with Gasteiger partial charge in [0.05, 0.1) is 6.10 Å². The molecule has 0 saturated carbocycles. The van der Waals surface area contributed by atoms with Crippen LogP contribution in [0.5, 0.6) is 0 Å². The molecule has 2 heterocycles. The number of carbonyl (C=O) groups excluding carboxylic acids is 2. The molecule has 0 aromatic carbocycles. The molecule has 7 nitrogen and oxygen atoms in total. The first-order chi connectivity index (χ1) is 11.6. The van der Waals surface area contributed by atoms with Gasteiger partial charge in [-0.3, -0.25) is 9.69 Å².